The maximum absolute atomic E-state index is 12.6. The minimum absolute atomic E-state index is 0.243. The first-order valence-electron chi connectivity index (χ1n) is 8.23. The summed E-state index contributed by atoms with van der Waals surface area (Å²) in [5.41, 5.74) is 20.9. The lowest BCUT2D eigenvalue weighted by Gasteiger charge is -2.21. The standard InChI is InChI=1S/C19H22N4O2/c1-3-23(4-2)11-8-9-12-15(10-11)25-19(24)16(18(12)22)13-6-5-7-14(20)17(13)21/h5-10H,3-4,20-22H2,1-2H3. The highest BCUT2D eigenvalue weighted by molar-refractivity contribution is 6.00. The molecule has 2 aromatic carbocycles. The van der Waals surface area contributed by atoms with Gasteiger partial charge >= 0.3 is 5.63 Å². The van der Waals surface area contributed by atoms with Crippen molar-refractivity contribution in [1.82, 2.24) is 0 Å². The monoisotopic (exact) mass is 338 g/mol. The molecule has 0 saturated heterocycles. The van der Waals surface area contributed by atoms with E-state index >= 15 is 0 Å². The predicted octanol–water partition coefficient (Wildman–Crippen LogP) is 3.05. The Bertz CT molecular complexity index is 991. The Morgan fingerprint density at radius 2 is 1.72 bits per heavy atom. The van der Waals surface area contributed by atoms with E-state index in [0.717, 1.165) is 18.8 Å². The van der Waals surface area contributed by atoms with Crippen LogP contribution in [-0.2, 0) is 0 Å². The van der Waals surface area contributed by atoms with E-state index in [1.807, 2.05) is 18.2 Å². The molecule has 0 saturated carbocycles. The first-order chi connectivity index (χ1) is 12.0. The molecule has 25 heavy (non-hydrogen) atoms. The molecule has 6 N–H and O–H groups in total. The number of hydrogen-bond acceptors (Lipinski definition) is 6. The zero-order valence-corrected chi connectivity index (χ0v) is 14.4. The number of nitrogens with two attached hydrogens (primary N) is 3. The van der Waals surface area contributed by atoms with Crippen LogP contribution in [0, 0.1) is 0 Å². The second-order valence-corrected chi connectivity index (χ2v) is 5.84. The molecular formula is C19H22N4O2. The third-order valence-corrected chi connectivity index (χ3v) is 4.47. The fraction of sp³-hybridized carbons (Fsp3) is 0.211. The highest BCUT2D eigenvalue weighted by Crippen LogP contribution is 2.35. The summed E-state index contributed by atoms with van der Waals surface area (Å²) < 4.78 is 5.54. The predicted molar refractivity (Wildman–Crippen MR) is 105 cm³/mol. The van der Waals surface area contributed by atoms with Gasteiger partial charge in [-0.05, 0) is 32.0 Å². The first-order valence-corrected chi connectivity index (χ1v) is 8.23. The molecule has 0 atom stereocenters. The van der Waals surface area contributed by atoms with Crippen LogP contribution in [0.1, 0.15) is 13.8 Å². The number of fused-ring (bicyclic) bond motifs is 1. The quantitative estimate of drug-likeness (QED) is 0.498. The molecule has 0 aliphatic heterocycles. The molecular weight excluding hydrogens is 316 g/mol. The average molecular weight is 338 g/mol. The van der Waals surface area contributed by atoms with Gasteiger partial charge in [0.1, 0.15) is 5.58 Å². The summed E-state index contributed by atoms with van der Waals surface area (Å²) in [5, 5.41) is 0.673. The normalized spacial score (nSPS) is 11.0. The van der Waals surface area contributed by atoms with Gasteiger partial charge in [0.05, 0.1) is 22.6 Å². The van der Waals surface area contributed by atoms with Crippen LogP contribution in [0.4, 0.5) is 22.7 Å². The van der Waals surface area contributed by atoms with E-state index < -0.39 is 5.63 Å². The van der Waals surface area contributed by atoms with Gasteiger partial charge in [-0.25, -0.2) is 4.79 Å². The van der Waals surface area contributed by atoms with E-state index in [1.54, 1.807) is 18.2 Å². The number of hydrogen-bond donors (Lipinski definition) is 3. The topological polar surface area (TPSA) is 112 Å². The number of nitrogens with zero attached hydrogens (tertiary/aromatic N) is 1. The highest BCUT2D eigenvalue weighted by atomic mass is 16.4. The average Bonchev–Trinajstić information content (AvgIpc) is 2.59. The third kappa shape index (κ3) is 2.76. The fourth-order valence-corrected chi connectivity index (χ4v) is 3.06. The van der Waals surface area contributed by atoms with Crippen molar-refractivity contribution in [3.8, 4) is 11.1 Å². The van der Waals surface area contributed by atoms with Crippen LogP contribution >= 0.6 is 0 Å². The van der Waals surface area contributed by atoms with Gasteiger partial charge in [-0.15, -0.1) is 0 Å². The van der Waals surface area contributed by atoms with E-state index in [9.17, 15) is 4.79 Å². The smallest absolute Gasteiger partial charge is 0.346 e. The molecule has 3 rings (SSSR count). The molecule has 1 heterocycles. The van der Waals surface area contributed by atoms with Gasteiger partial charge in [0.15, 0.2) is 0 Å². The Hall–Kier alpha value is -3.15. The van der Waals surface area contributed by atoms with Crippen molar-refractivity contribution < 1.29 is 4.42 Å². The SMILES string of the molecule is CCN(CC)c1ccc2c(N)c(-c3cccc(N)c3N)c(=O)oc2c1. The summed E-state index contributed by atoms with van der Waals surface area (Å²) in [6, 6.07) is 10.8. The van der Waals surface area contributed by atoms with Crippen LogP contribution in [0.5, 0.6) is 0 Å². The van der Waals surface area contributed by atoms with Crippen molar-refractivity contribution in [3.63, 3.8) is 0 Å². The maximum atomic E-state index is 12.6. The van der Waals surface area contributed by atoms with Gasteiger partial charge in [0.25, 0.3) is 0 Å². The lowest BCUT2D eigenvalue weighted by Crippen LogP contribution is -2.21. The fourth-order valence-electron chi connectivity index (χ4n) is 3.06. The number of nitrogen functional groups attached to an aromatic ring is 3. The molecule has 1 aromatic heterocycles. The van der Waals surface area contributed by atoms with Gasteiger partial charge < -0.3 is 26.5 Å². The molecule has 0 bridgehead atoms. The Morgan fingerprint density at radius 1 is 1.00 bits per heavy atom. The molecule has 130 valence electrons. The third-order valence-electron chi connectivity index (χ3n) is 4.47. The second-order valence-electron chi connectivity index (χ2n) is 5.84. The Labute approximate surface area is 145 Å². The maximum Gasteiger partial charge on any atom is 0.346 e. The van der Waals surface area contributed by atoms with Crippen LogP contribution in [0.25, 0.3) is 22.1 Å². The van der Waals surface area contributed by atoms with Crippen molar-refractivity contribution in [1.29, 1.82) is 0 Å². The van der Waals surface area contributed by atoms with Crippen LogP contribution in [-0.4, -0.2) is 13.1 Å². The summed E-state index contributed by atoms with van der Waals surface area (Å²) in [6.45, 7) is 5.87. The van der Waals surface area contributed by atoms with E-state index in [4.69, 9.17) is 21.6 Å². The number of benzene rings is 2. The van der Waals surface area contributed by atoms with Crippen LogP contribution in [0.3, 0.4) is 0 Å². The molecule has 0 spiro atoms. The van der Waals surface area contributed by atoms with E-state index in [2.05, 4.69) is 18.7 Å². The largest absolute Gasteiger partial charge is 0.422 e. The summed E-state index contributed by atoms with van der Waals surface area (Å²) in [5.74, 6) is 0. The van der Waals surface area contributed by atoms with Crippen molar-refractivity contribution >= 4 is 33.7 Å². The molecule has 0 radical (unpaired) electrons. The lowest BCUT2D eigenvalue weighted by molar-refractivity contribution is 0.564. The molecule has 0 unspecified atom stereocenters. The number of rotatable bonds is 4. The summed E-state index contributed by atoms with van der Waals surface area (Å²) in [4.78, 5) is 14.7. The Kier molecular flexibility index (Phi) is 4.27. The molecule has 0 aliphatic rings. The minimum Gasteiger partial charge on any atom is -0.422 e. The summed E-state index contributed by atoms with van der Waals surface area (Å²) in [7, 11) is 0. The summed E-state index contributed by atoms with van der Waals surface area (Å²) >= 11 is 0. The van der Waals surface area contributed by atoms with Crippen molar-refractivity contribution in [2.45, 2.75) is 13.8 Å². The minimum atomic E-state index is -0.529. The van der Waals surface area contributed by atoms with Gasteiger partial charge in [-0.1, -0.05) is 12.1 Å². The van der Waals surface area contributed by atoms with Gasteiger partial charge in [-0.2, -0.15) is 0 Å². The van der Waals surface area contributed by atoms with E-state index in [0.29, 0.717) is 33.6 Å². The van der Waals surface area contributed by atoms with E-state index in [1.165, 1.54) is 0 Å². The second kappa shape index (κ2) is 6.39. The van der Waals surface area contributed by atoms with Crippen molar-refractivity contribution in [2.24, 2.45) is 0 Å². The van der Waals surface area contributed by atoms with Crippen molar-refractivity contribution in [2.75, 3.05) is 35.2 Å². The first kappa shape index (κ1) is 16.7. The van der Waals surface area contributed by atoms with Crippen LogP contribution in [0.2, 0.25) is 0 Å². The Morgan fingerprint density at radius 3 is 2.40 bits per heavy atom. The number of anilines is 4. The van der Waals surface area contributed by atoms with Gasteiger partial charge in [0, 0.05) is 35.8 Å². The van der Waals surface area contributed by atoms with Gasteiger partial charge in [0.2, 0.25) is 0 Å². The van der Waals surface area contributed by atoms with Crippen LogP contribution < -0.4 is 27.7 Å². The molecule has 6 heteroatoms. The molecule has 3 aromatic rings. The Balaban J connectivity index is 2.25. The summed E-state index contributed by atoms with van der Waals surface area (Å²) in [6.07, 6.45) is 0. The van der Waals surface area contributed by atoms with Gasteiger partial charge in [-0.3, -0.25) is 0 Å². The molecule has 0 fully saturated rings. The number of para-hydroxylation sites is 1. The molecule has 0 amide bonds. The zero-order valence-electron chi connectivity index (χ0n) is 14.4. The highest BCUT2D eigenvalue weighted by Gasteiger charge is 2.18. The van der Waals surface area contributed by atoms with E-state index in [-0.39, 0.29) is 5.56 Å². The van der Waals surface area contributed by atoms with Crippen molar-refractivity contribution in [3.05, 3.63) is 46.8 Å². The lowest BCUT2D eigenvalue weighted by atomic mass is 10.0. The molecule has 6 nitrogen and oxygen atoms in total. The molecule has 0 aliphatic carbocycles. The zero-order chi connectivity index (χ0) is 18.1. The van der Waals surface area contributed by atoms with Crippen LogP contribution in [0.15, 0.2) is 45.6 Å².